The van der Waals surface area contributed by atoms with E-state index in [0.29, 0.717) is 18.1 Å². The van der Waals surface area contributed by atoms with Crippen molar-refractivity contribution < 1.29 is 13.9 Å². The van der Waals surface area contributed by atoms with Crippen molar-refractivity contribution in [1.29, 1.82) is 0 Å². The number of benzene rings is 1. The minimum absolute atomic E-state index is 0. The lowest BCUT2D eigenvalue weighted by atomic mass is 9.92. The first-order chi connectivity index (χ1) is 9.58. The quantitative estimate of drug-likeness (QED) is 0.903. The van der Waals surface area contributed by atoms with E-state index in [-0.39, 0.29) is 29.9 Å². The molecular weight excluding hydrogens is 318 g/mol. The van der Waals surface area contributed by atoms with Gasteiger partial charge in [-0.15, -0.1) is 12.4 Å². The van der Waals surface area contributed by atoms with Crippen molar-refractivity contribution in [2.24, 2.45) is 0 Å². The first kappa shape index (κ1) is 16.3. The topological polar surface area (TPSA) is 41.6 Å². The number of ether oxygens (including phenoxy) is 1. The summed E-state index contributed by atoms with van der Waals surface area (Å²) in [6.45, 7) is 2.64. The molecule has 116 valence electrons. The molecule has 1 aromatic carbocycles. The summed E-state index contributed by atoms with van der Waals surface area (Å²) in [6, 6.07) is 4.22. The van der Waals surface area contributed by atoms with Gasteiger partial charge in [-0.05, 0) is 30.8 Å². The molecule has 1 aromatic rings. The zero-order valence-corrected chi connectivity index (χ0v) is 13.0. The van der Waals surface area contributed by atoms with Gasteiger partial charge in [0, 0.05) is 17.9 Å². The molecule has 0 unspecified atom stereocenters. The number of carbonyl (C=O) groups is 1. The molecule has 0 aromatic heterocycles. The van der Waals surface area contributed by atoms with E-state index in [1.807, 2.05) is 0 Å². The molecule has 21 heavy (non-hydrogen) atoms. The summed E-state index contributed by atoms with van der Waals surface area (Å²) in [5, 5.41) is 3.60. The van der Waals surface area contributed by atoms with E-state index < -0.39 is 0 Å². The molecule has 2 saturated heterocycles. The summed E-state index contributed by atoms with van der Waals surface area (Å²) in [7, 11) is 0. The summed E-state index contributed by atoms with van der Waals surface area (Å²) in [6.07, 6.45) is 1.34. The first-order valence-corrected chi connectivity index (χ1v) is 7.08. The molecule has 0 bridgehead atoms. The summed E-state index contributed by atoms with van der Waals surface area (Å²) in [5.41, 5.74) is 0.366. The number of hydrogen-bond donors (Lipinski definition) is 1. The largest absolute Gasteiger partial charge is 0.441 e. The summed E-state index contributed by atoms with van der Waals surface area (Å²) in [4.78, 5) is 13.6. The van der Waals surface area contributed by atoms with Gasteiger partial charge in [-0.25, -0.2) is 9.18 Å². The molecule has 1 spiro atoms. The molecule has 2 aliphatic heterocycles. The monoisotopic (exact) mass is 334 g/mol. The maximum Gasteiger partial charge on any atom is 0.410 e. The molecule has 7 heteroatoms. The molecule has 2 aliphatic rings. The van der Waals surface area contributed by atoms with Gasteiger partial charge in [0.15, 0.2) is 0 Å². The second-order valence-corrected chi connectivity index (χ2v) is 5.80. The van der Waals surface area contributed by atoms with Gasteiger partial charge in [0.25, 0.3) is 0 Å². The van der Waals surface area contributed by atoms with Crippen LogP contribution in [0.3, 0.4) is 0 Å². The number of carbonyl (C=O) groups excluding carboxylic acids is 1. The third-order valence-corrected chi connectivity index (χ3v) is 4.28. The van der Waals surface area contributed by atoms with Gasteiger partial charge in [-0.2, -0.15) is 0 Å². The Morgan fingerprint density at radius 2 is 2.10 bits per heavy atom. The highest BCUT2D eigenvalue weighted by Crippen LogP contribution is 2.32. The van der Waals surface area contributed by atoms with Crippen molar-refractivity contribution in [3.63, 3.8) is 0 Å². The normalized spacial score (nSPS) is 20.3. The second-order valence-electron chi connectivity index (χ2n) is 5.39. The lowest BCUT2D eigenvalue weighted by Gasteiger charge is -2.31. The van der Waals surface area contributed by atoms with Crippen LogP contribution in [0.4, 0.5) is 9.18 Å². The van der Waals surface area contributed by atoms with Crippen LogP contribution in [0.25, 0.3) is 0 Å². The van der Waals surface area contributed by atoms with Gasteiger partial charge >= 0.3 is 6.09 Å². The van der Waals surface area contributed by atoms with E-state index in [0.717, 1.165) is 31.5 Å². The fourth-order valence-corrected chi connectivity index (χ4v) is 3.04. The van der Waals surface area contributed by atoms with Crippen LogP contribution in [-0.2, 0) is 11.3 Å². The van der Waals surface area contributed by atoms with Crippen LogP contribution in [-0.4, -0.2) is 36.2 Å². The van der Waals surface area contributed by atoms with E-state index in [9.17, 15) is 9.18 Å². The predicted octanol–water partition coefficient (Wildman–Crippen LogP) is 2.98. The van der Waals surface area contributed by atoms with E-state index in [1.165, 1.54) is 12.1 Å². The number of nitrogens with one attached hydrogen (secondary N) is 1. The Hall–Kier alpha value is -1.04. The molecule has 0 aliphatic carbocycles. The minimum Gasteiger partial charge on any atom is -0.441 e. The number of amides is 1. The number of nitrogens with zero attached hydrogens (tertiary/aromatic N) is 1. The molecule has 1 amide bonds. The van der Waals surface area contributed by atoms with Crippen LogP contribution in [0.2, 0.25) is 5.02 Å². The fraction of sp³-hybridized carbons (Fsp3) is 0.500. The Bertz CT molecular complexity index is 536. The zero-order valence-electron chi connectivity index (χ0n) is 11.4. The van der Waals surface area contributed by atoms with Crippen molar-refractivity contribution in [3.8, 4) is 0 Å². The Balaban J connectivity index is 0.00000161. The third-order valence-electron chi connectivity index (χ3n) is 3.93. The van der Waals surface area contributed by atoms with E-state index in [1.54, 1.807) is 11.0 Å². The van der Waals surface area contributed by atoms with Crippen molar-refractivity contribution in [2.45, 2.75) is 25.0 Å². The lowest BCUT2D eigenvalue weighted by Crippen LogP contribution is -2.44. The Morgan fingerprint density at radius 3 is 2.76 bits per heavy atom. The number of piperidine rings is 1. The average Bonchev–Trinajstić information content (AvgIpc) is 2.70. The van der Waals surface area contributed by atoms with Crippen molar-refractivity contribution >= 4 is 30.1 Å². The van der Waals surface area contributed by atoms with Gasteiger partial charge < -0.3 is 10.1 Å². The SMILES string of the molecule is Cl.O=C1OC2(CCNCC2)CN1Cc1ccc(F)cc1Cl. The molecule has 2 heterocycles. The van der Waals surface area contributed by atoms with Crippen molar-refractivity contribution in [3.05, 3.63) is 34.6 Å². The molecule has 2 fully saturated rings. The van der Waals surface area contributed by atoms with Crippen LogP contribution in [0.5, 0.6) is 0 Å². The third kappa shape index (κ3) is 3.42. The molecule has 4 nitrogen and oxygen atoms in total. The zero-order chi connectivity index (χ0) is 14.2. The summed E-state index contributed by atoms with van der Waals surface area (Å²) < 4.78 is 18.6. The summed E-state index contributed by atoms with van der Waals surface area (Å²) >= 11 is 6.00. The Labute approximate surface area is 134 Å². The molecule has 1 N–H and O–H groups in total. The van der Waals surface area contributed by atoms with Gasteiger partial charge in [0.2, 0.25) is 0 Å². The molecular formula is C14H17Cl2FN2O2. The predicted molar refractivity (Wildman–Crippen MR) is 80.4 cm³/mol. The highest BCUT2D eigenvalue weighted by atomic mass is 35.5. The maximum absolute atomic E-state index is 13.0. The number of hydrogen-bond acceptors (Lipinski definition) is 3. The molecule has 3 rings (SSSR count). The Morgan fingerprint density at radius 1 is 1.38 bits per heavy atom. The van der Waals surface area contributed by atoms with Crippen LogP contribution >= 0.6 is 24.0 Å². The van der Waals surface area contributed by atoms with Crippen LogP contribution < -0.4 is 5.32 Å². The minimum atomic E-state index is -0.377. The summed E-state index contributed by atoms with van der Waals surface area (Å²) in [5.74, 6) is -0.377. The smallest absolute Gasteiger partial charge is 0.410 e. The van der Waals surface area contributed by atoms with Crippen LogP contribution in [0, 0.1) is 5.82 Å². The average molecular weight is 335 g/mol. The highest BCUT2D eigenvalue weighted by molar-refractivity contribution is 6.31. The fourth-order valence-electron chi connectivity index (χ4n) is 2.81. The molecule has 0 saturated carbocycles. The Kier molecular flexibility index (Phi) is 4.96. The number of halogens is 3. The van der Waals surface area contributed by atoms with Gasteiger partial charge in [0.05, 0.1) is 13.1 Å². The van der Waals surface area contributed by atoms with Crippen molar-refractivity contribution in [1.82, 2.24) is 10.2 Å². The van der Waals surface area contributed by atoms with Crippen LogP contribution in [0.15, 0.2) is 18.2 Å². The van der Waals surface area contributed by atoms with Crippen LogP contribution in [0.1, 0.15) is 18.4 Å². The highest BCUT2D eigenvalue weighted by Gasteiger charge is 2.45. The first-order valence-electron chi connectivity index (χ1n) is 6.71. The maximum atomic E-state index is 13.0. The second kappa shape index (κ2) is 6.38. The molecule has 0 atom stereocenters. The molecule has 0 radical (unpaired) electrons. The van der Waals surface area contributed by atoms with E-state index in [4.69, 9.17) is 16.3 Å². The van der Waals surface area contributed by atoms with Gasteiger partial charge in [-0.3, -0.25) is 4.90 Å². The number of rotatable bonds is 2. The van der Waals surface area contributed by atoms with E-state index in [2.05, 4.69) is 5.32 Å². The van der Waals surface area contributed by atoms with E-state index >= 15 is 0 Å². The standard InChI is InChI=1S/C14H16ClFN2O2.ClH/c15-12-7-11(16)2-1-10(12)8-18-9-14(20-13(18)19)3-5-17-6-4-14;/h1-2,7,17H,3-6,8-9H2;1H. The van der Waals surface area contributed by atoms with Crippen molar-refractivity contribution in [2.75, 3.05) is 19.6 Å². The lowest BCUT2D eigenvalue weighted by molar-refractivity contribution is 0.0316. The van der Waals surface area contributed by atoms with Gasteiger partial charge in [0.1, 0.15) is 11.4 Å². The van der Waals surface area contributed by atoms with Gasteiger partial charge in [-0.1, -0.05) is 17.7 Å².